The maximum atomic E-state index is 12.7. The summed E-state index contributed by atoms with van der Waals surface area (Å²) in [4.78, 5) is 12.7. The SMILES string of the molecule is O=C(Nc1ccc(OC(F)F)cc1)C1C2CC3CC(C2)CC1C3. The molecule has 1 aromatic rings. The van der Waals surface area contributed by atoms with E-state index < -0.39 is 6.61 Å². The van der Waals surface area contributed by atoms with Gasteiger partial charge in [0.15, 0.2) is 0 Å². The fraction of sp³-hybridized carbons (Fsp3) is 0.611. The molecule has 0 spiro atoms. The second-order valence-electron chi connectivity index (χ2n) is 7.35. The fourth-order valence-electron chi connectivity index (χ4n) is 5.30. The highest BCUT2D eigenvalue weighted by Crippen LogP contribution is 2.56. The maximum absolute atomic E-state index is 12.7. The van der Waals surface area contributed by atoms with E-state index >= 15 is 0 Å². The number of benzene rings is 1. The van der Waals surface area contributed by atoms with Crippen LogP contribution in [0.25, 0.3) is 0 Å². The van der Waals surface area contributed by atoms with Crippen LogP contribution >= 0.6 is 0 Å². The van der Waals surface area contributed by atoms with E-state index in [9.17, 15) is 13.6 Å². The first-order valence-electron chi connectivity index (χ1n) is 8.44. The lowest BCUT2D eigenvalue weighted by atomic mass is 9.51. The van der Waals surface area contributed by atoms with Crippen LogP contribution in [-0.2, 0) is 4.79 Å². The Bertz CT molecular complexity index is 559. The topological polar surface area (TPSA) is 38.3 Å². The lowest BCUT2D eigenvalue weighted by molar-refractivity contribution is -0.132. The molecule has 4 aliphatic carbocycles. The summed E-state index contributed by atoms with van der Waals surface area (Å²) in [7, 11) is 0. The molecule has 4 fully saturated rings. The van der Waals surface area contributed by atoms with Crippen LogP contribution in [0.5, 0.6) is 5.75 Å². The van der Waals surface area contributed by atoms with Crippen LogP contribution in [0.2, 0.25) is 0 Å². The van der Waals surface area contributed by atoms with Gasteiger partial charge in [0.1, 0.15) is 5.75 Å². The van der Waals surface area contributed by atoms with Crippen LogP contribution in [0.15, 0.2) is 24.3 Å². The number of carbonyl (C=O) groups excluding carboxylic acids is 1. The van der Waals surface area contributed by atoms with E-state index in [1.165, 1.54) is 44.2 Å². The van der Waals surface area contributed by atoms with E-state index in [1.54, 1.807) is 12.1 Å². The minimum absolute atomic E-state index is 0.0985. The van der Waals surface area contributed by atoms with E-state index in [2.05, 4.69) is 10.1 Å². The Kier molecular flexibility index (Phi) is 3.74. The highest BCUT2D eigenvalue weighted by Gasteiger charge is 2.50. The van der Waals surface area contributed by atoms with Crippen LogP contribution in [0.1, 0.15) is 32.1 Å². The highest BCUT2D eigenvalue weighted by atomic mass is 19.3. The van der Waals surface area contributed by atoms with Crippen molar-refractivity contribution in [2.45, 2.75) is 38.7 Å². The Hall–Kier alpha value is -1.65. The van der Waals surface area contributed by atoms with Crippen molar-refractivity contribution in [1.82, 2.24) is 0 Å². The molecule has 0 atom stereocenters. The average molecular weight is 321 g/mol. The van der Waals surface area contributed by atoms with E-state index in [1.807, 2.05) is 0 Å². The van der Waals surface area contributed by atoms with Gasteiger partial charge in [-0.2, -0.15) is 8.78 Å². The minimum atomic E-state index is -2.83. The van der Waals surface area contributed by atoms with Crippen LogP contribution < -0.4 is 10.1 Å². The molecule has 124 valence electrons. The molecule has 0 aliphatic heterocycles. The van der Waals surface area contributed by atoms with E-state index in [-0.39, 0.29) is 17.6 Å². The Morgan fingerprint density at radius 2 is 1.57 bits per heavy atom. The average Bonchev–Trinajstić information content (AvgIpc) is 2.47. The molecular formula is C18H21F2NO2. The fourth-order valence-corrected chi connectivity index (χ4v) is 5.30. The van der Waals surface area contributed by atoms with E-state index in [0.717, 1.165) is 11.8 Å². The van der Waals surface area contributed by atoms with Crippen molar-refractivity contribution in [2.75, 3.05) is 5.32 Å². The van der Waals surface area contributed by atoms with Crippen LogP contribution in [-0.4, -0.2) is 12.5 Å². The van der Waals surface area contributed by atoms with Crippen molar-refractivity contribution in [3.8, 4) is 5.75 Å². The van der Waals surface area contributed by atoms with Gasteiger partial charge >= 0.3 is 6.61 Å². The molecule has 4 bridgehead atoms. The standard InChI is InChI=1S/C18H21F2NO2/c19-18(20)23-15-3-1-14(2-4-15)21-17(22)16-12-6-10-5-11(8-12)9-13(16)7-10/h1-4,10-13,16,18H,5-9H2,(H,21,22). The third-order valence-corrected chi connectivity index (χ3v) is 5.88. The largest absolute Gasteiger partial charge is 0.435 e. The minimum Gasteiger partial charge on any atom is -0.435 e. The zero-order valence-corrected chi connectivity index (χ0v) is 12.9. The third kappa shape index (κ3) is 2.93. The molecule has 1 amide bonds. The summed E-state index contributed by atoms with van der Waals surface area (Å²) < 4.78 is 28.6. The molecule has 0 saturated heterocycles. The van der Waals surface area contributed by atoms with Gasteiger partial charge in [-0.3, -0.25) is 4.79 Å². The smallest absolute Gasteiger partial charge is 0.387 e. The number of hydrogen-bond donors (Lipinski definition) is 1. The molecular weight excluding hydrogens is 300 g/mol. The van der Waals surface area contributed by atoms with Crippen molar-refractivity contribution in [3.05, 3.63) is 24.3 Å². The van der Waals surface area contributed by atoms with Crippen molar-refractivity contribution in [2.24, 2.45) is 29.6 Å². The predicted molar refractivity (Wildman–Crippen MR) is 82.2 cm³/mol. The molecule has 5 heteroatoms. The molecule has 4 aliphatic rings. The molecule has 3 nitrogen and oxygen atoms in total. The number of hydrogen-bond acceptors (Lipinski definition) is 2. The first-order valence-corrected chi connectivity index (χ1v) is 8.44. The molecule has 0 radical (unpaired) electrons. The van der Waals surface area contributed by atoms with Gasteiger partial charge in [-0.25, -0.2) is 0 Å². The van der Waals surface area contributed by atoms with Gasteiger partial charge in [0.05, 0.1) is 0 Å². The van der Waals surface area contributed by atoms with Crippen LogP contribution in [0.3, 0.4) is 0 Å². The summed E-state index contributed by atoms with van der Waals surface area (Å²) >= 11 is 0. The van der Waals surface area contributed by atoms with Gasteiger partial charge < -0.3 is 10.1 Å². The number of amides is 1. The summed E-state index contributed by atoms with van der Waals surface area (Å²) in [5.41, 5.74) is 0.644. The first-order chi connectivity index (χ1) is 11.1. The molecule has 5 rings (SSSR count). The molecule has 0 aromatic heterocycles. The van der Waals surface area contributed by atoms with Gasteiger partial charge in [-0.1, -0.05) is 0 Å². The van der Waals surface area contributed by atoms with Crippen molar-refractivity contribution in [3.63, 3.8) is 0 Å². The predicted octanol–water partition coefficient (Wildman–Crippen LogP) is 4.30. The van der Waals surface area contributed by atoms with Gasteiger partial charge in [-0.15, -0.1) is 0 Å². The second-order valence-corrected chi connectivity index (χ2v) is 7.35. The number of rotatable bonds is 4. The molecule has 0 unspecified atom stereocenters. The molecule has 1 aromatic carbocycles. The van der Waals surface area contributed by atoms with E-state index in [4.69, 9.17) is 0 Å². The van der Waals surface area contributed by atoms with Crippen LogP contribution in [0.4, 0.5) is 14.5 Å². The maximum Gasteiger partial charge on any atom is 0.387 e. The number of halogens is 2. The quantitative estimate of drug-likeness (QED) is 0.898. The first kappa shape index (κ1) is 14.9. The van der Waals surface area contributed by atoms with Gasteiger partial charge in [0.25, 0.3) is 0 Å². The summed E-state index contributed by atoms with van der Waals surface area (Å²) in [6, 6.07) is 6.15. The van der Waals surface area contributed by atoms with Crippen molar-refractivity contribution >= 4 is 11.6 Å². The summed E-state index contributed by atoms with van der Waals surface area (Å²) in [5, 5.41) is 2.97. The number of anilines is 1. The number of alkyl halides is 2. The van der Waals surface area contributed by atoms with Gasteiger partial charge in [-0.05, 0) is 80.0 Å². The Morgan fingerprint density at radius 3 is 2.09 bits per heavy atom. The summed E-state index contributed by atoms with van der Waals surface area (Å²) in [6.45, 7) is -2.83. The number of ether oxygens (including phenoxy) is 1. The zero-order chi connectivity index (χ0) is 16.0. The molecule has 1 N–H and O–H groups in total. The molecule has 4 saturated carbocycles. The Morgan fingerprint density at radius 1 is 1.00 bits per heavy atom. The Balaban J connectivity index is 1.42. The van der Waals surface area contributed by atoms with E-state index in [0.29, 0.717) is 17.5 Å². The summed E-state index contributed by atoms with van der Waals surface area (Å²) in [6.07, 6.45) is 6.17. The third-order valence-electron chi connectivity index (χ3n) is 5.88. The second kappa shape index (κ2) is 5.77. The van der Waals surface area contributed by atoms with Gasteiger partial charge in [0.2, 0.25) is 5.91 Å². The Labute approximate surface area is 134 Å². The monoisotopic (exact) mass is 321 g/mol. The number of carbonyl (C=O) groups is 1. The molecule has 0 heterocycles. The lowest BCUT2D eigenvalue weighted by Crippen LogP contribution is -2.49. The highest BCUT2D eigenvalue weighted by molar-refractivity contribution is 5.93. The van der Waals surface area contributed by atoms with Gasteiger partial charge in [0, 0.05) is 11.6 Å². The zero-order valence-electron chi connectivity index (χ0n) is 12.9. The van der Waals surface area contributed by atoms with Crippen LogP contribution in [0, 0.1) is 29.6 Å². The normalized spacial score (nSPS) is 34.7. The lowest BCUT2D eigenvalue weighted by Gasteiger charge is -2.53. The van der Waals surface area contributed by atoms with Crippen molar-refractivity contribution < 1.29 is 18.3 Å². The van der Waals surface area contributed by atoms with Crippen molar-refractivity contribution in [1.29, 1.82) is 0 Å². The number of nitrogens with one attached hydrogen (secondary N) is 1. The molecule has 23 heavy (non-hydrogen) atoms. The summed E-state index contributed by atoms with van der Waals surface area (Å²) in [5.74, 6) is 3.08.